The van der Waals surface area contributed by atoms with Gasteiger partial charge < -0.3 is 10.6 Å². The van der Waals surface area contributed by atoms with Crippen LogP contribution in [0.4, 0.5) is 14.5 Å². The summed E-state index contributed by atoms with van der Waals surface area (Å²) in [7, 11) is 0. The Balaban J connectivity index is 1.62. The topological polar surface area (TPSA) is 58.2 Å². The quantitative estimate of drug-likeness (QED) is 0.795. The number of carbonyl (C=O) groups excluding carboxylic acids is 2. The van der Waals surface area contributed by atoms with Gasteiger partial charge in [-0.05, 0) is 48.7 Å². The third-order valence-electron chi connectivity index (χ3n) is 4.16. The standard InChI is InChI=1S/C18H15ClF2N2O2/c19-14-9-13(5-6-15(14)21)23-17(25)18(7-8-18)16(24)22-10-11-1-3-12(20)4-2-11/h1-6,9H,7-8,10H2,(H,22,24)(H,23,25). The van der Waals surface area contributed by atoms with Gasteiger partial charge in [0.25, 0.3) is 0 Å². The Morgan fingerprint density at radius 2 is 1.72 bits per heavy atom. The van der Waals surface area contributed by atoms with E-state index in [1.54, 1.807) is 12.1 Å². The van der Waals surface area contributed by atoms with Crippen LogP contribution >= 0.6 is 11.6 Å². The lowest BCUT2D eigenvalue weighted by molar-refractivity contribution is -0.134. The van der Waals surface area contributed by atoms with Gasteiger partial charge in [-0.3, -0.25) is 9.59 Å². The van der Waals surface area contributed by atoms with Crippen LogP contribution in [0.2, 0.25) is 5.02 Å². The Kier molecular flexibility index (Phi) is 4.72. The molecule has 2 N–H and O–H groups in total. The smallest absolute Gasteiger partial charge is 0.240 e. The summed E-state index contributed by atoms with van der Waals surface area (Å²) in [6.07, 6.45) is 0.867. The third-order valence-corrected chi connectivity index (χ3v) is 4.45. The highest BCUT2D eigenvalue weighted by Gasteiger charge is 2.56. The highest BCUT2D eigenvalue weighted by molar-refractivity contribution is 6.31. The number of carbonyl (C=O) groups is 2. The monoisotopic (exact) mass is 364 g/mol. The number of anilines is 1. The largest absolute Gasteiger partial charge is 0.351 e. The van der Waals surface area contributed by atoms with Crippen molar-refractivity contribution in [2.24, 2.45) is 5.41 Å². The second-order valence-corrected chi connectivity index (χ2v) is 6.38. The van der Waals surface area contributed by atoms with Gasteiger partial charge in [-0.25, -0.2) is 8.78 Å². The van der Waals surface area contributed by atoms with Gasteiger partial charge in [-0.1, -0.05) is 23.7 Å². The van der Waals surface area contributed by atoms with Gasteiger partial charge in [0.1, 0.15) is 17.0 Å². The van der Waals surface area contributed by atoms with E-state index < -0.39 is 17.1 Å². The molecule has 0 saturated heterocycles. The van der Waals surface area contributed by atoms with E-state index in [1.807, 2.05) is 0 Å². The summed E-state index contributed by atoms with van der Waals surface area (Å²) < 4.78 is 26.0. The zero-order chi connectivity index (χ0) is 18.0. The molecule has 2 aromatic carbocycles. The Labute approximate surface area is 148 Å². The Morgan fingerprint density at radius 1 is 1.04 bits per heavy atom. The van der Waals surface area contributed by atoms with E-state index in [1.165, 1.54) is 24.3 Å². The van der Waals surface area contributed by atoms with Crippen molar-refractivity contribution < 1.29 is 18.4 Å². The van der Waals surface area contributed by atoms with Crippen molar-refractivity contribution in [2.45, 2.75) is 19.4 Å². The first-order valence-corrected chi connectivity index (χ1v) is 8.08. The fraction of sp³-hybridized carbons (Fsp3) is 0.222. The van der Waals surface area contributed by atoms with Crippen LogP contribution in [0.15, 0.2) is 42.5 Å². The number of amides is 2. The molecule has 0 spiro atoms. The molecule has 130 valence electrons. The SMILES string of the molecule is O=C(NCc1ccc(F)cc1)C1(C(=O)Nc2ccc(F)c(Cl)c2)CC1. The molecule has 0 bridgehead atoms. The third kappa shape index (κ3) is 3.79. The lowest BCUT2D eigenvalue weighted by atomic mass is 10.0. The van der Waals surface area contributed by atoms with Crippen LogP contribution in [-0.2, 0) is 16.1 Å². The van der Waals surface area contributed by atoms with Crippen molar-refractivity contribution in [1.82, 2.24) is 5.32 Å². The van der Waals surface area contributed by atoms with Crippen LogP contribution in [0.5, 0.6) is 0 Å². The predicted molar refractivity (Wildman–Crippen MR) is 90.0 cm³/mol. The first kappa shape index (κ1) is 17.4. The predicted octanol–water partition coefficient (Wildman–Crippen LogP) is 3.65. The minimum absolute atomic E-state index is 0.108. The van der Waals surface area contributed by atoms with Crippen LogP contribution in [0.3, 0.4) is 0 Å². The molecule has 1 aliphatic rings. The van der Waals surface area contributed by atoms with E-state index in [4.69, 9.17) is 11.6 Å². The van der Waals surface area contributed by atoms with Gasteiger partial charge in [0, 0.05) is 12.2 Å². The van der Waals surface area contributed by atoms with E-state index >= 15 is 0 Å². The maximum Gasteiger partial charge on any atom is 0.240 e. The molecule has 0 heterocycles. The molecule has 4 nitrogen and oxygen atoms in total. The second kappa shape index (κ2) is 6.80. The summed E-state index contributed by atoms with van der Waals surface area (Å²) in [5, 5.41) is 5.19. The zero-order valence-corrected chi connectivity index (χ0v) is 13.9. The van der Waals surface area contributed by atoms with Crippen molar-refractivity contribution in [3.05, 3.63) is 64.7 Å². The van der Waals surface area contributed by atoms with Crippen molar-refractivity contribution in [3.63, 3.8) is 0 Å². The zero-order valence-electron chi connectivity index (χ0n) is 13.1. The van der Waals surface area contributed by atoms with Crippen molar-refractivity contribution in [1.29, 1.82) is 0 Å². The molecule has 3 rings (SSSR count). The number of hydrogen-bond donors (Lipinski definition) is 2. The fourth-order valence-corrected chi connectivity index (χ4v) is 2.64. The highest BCUT2D eigenvalue weighted by atomic mass is 35.5. The average molecular weight is 365 g/mol. The average Bonchev–Trinajstić information content (AvgIpc) is 3.39. The van der Waals surface area contributed by atoms with Crippen LogP contribution < -0.4 is 10.6 Å². The molecular formula is C18H15ClF2N2O2. The minimum Gasteiger partial charge on any atom is -0.351 e. The normalized spacial score (nSPS) is 14.7. The molecule has 0 radical (unpaired) electrons. The molecule has 2 aromatic rings. The van der Waals surface area contributed by atoms with E-state index in [0.717, 1.165) is 11.6 Å². The summed E-state index contributed by atoms with van der Waals surface area (Å²) in [6.45, 7) is 0.205. The molecule has 0 aliphatic heterocycles. The van der Waals surface area contributed by atoms with Crippen molar-refractivity contribution in [2.75, 3.05) is 5.32 Å². The molecule has 0 unspecified atom stereocenters. The molecular weight excluding hydrogens is 350 g/mol. The summed E-state index contributed by atoms with van der Waals surface area (Å²) in [5.41, 5.74) is -0.0637. The minimum atomic E-state index is -1.12. The lowest BCUT2D eigenvalue weighted by Crippen LogP contribution is -2.39. The summed E-state index contributed by atoms with van der Waals surface area (Å²) >= 11 is 5.69. The van der Waals surface area contributed by atoms with Gasteiger partial charge in [0.05, 0.1) is 5.02 Å². The molecule has 0 atom stereocenters. The van der Waals surface area contributed by atoms with E-state index in [-0.39, 0.29) is 23.3 Å². The molecule has 1 saturated carbocycles. The Bertz CT molecular complexity index is 820. The van der Waals surface area contributed by atoms with Crippen molar-refractivity contribution in [3.8, 4) is 0 Å². The molecule has 1 aliphatic carbocycles. The Hall–Kier alpha value is -2.47. The second-order valence-electron chi connectivity index (χ2n) is 5.97. The van der Waals surface area contributed by atoms with Crippen LogP contribution in [-0.4, -0.2) is 11.8 Å². The molecule has 25 heavy (non-hydrogen) atoms. The maximum atomic E-state index is 13.2. The molecule has 1 fully saturated rings. The van der Waals surface area contributed by atoms with E-state index in [2.05, 4.69) is 10.6 Å². The first-order chi connectivity index (χ1) is 11.9. The highest BCUT2D eigenvalue weighted by Crippen LogP contribution is 2.47. The number of benzene rings is 2. The van der Waals surface area contributed by atoms with Crippen molar-refractivity contribution >= 4 is 29.1 Å². The Morgan fingerprint density at radius 3 is 2.32 bits per heavy atom. The summed E-state index contributed by atoms with van der Waals surface area (Å²) in [5.74, 6) is -1.78. The number of nitrogens with one attached hydrogen (secondary N) is 2. The first-order valence-electron chi connectivity index (χ1n) is 7.70. The van der Waals surface area contributed by atoms with E-state index in [0.29, 0.717) is 18.5 Å². The van der Waals surface area contributed by atoms with Gasteiger partial charge in [-0.2, -0.15) is 0 Å². The number of rotatable bonds is 5. The number of halogens is 3. The summed E-state index contributed by atoms with van der Waals surface area (Å²) in [6, 6.07) is 9.56. The lowest BCUT2D eigenvalue weighted by Gasteiger charge is -2.15. The van der Waals surface area contributed by atoms with Gasteiger partial charge in [0.2, 0.25) is 11.8 Å². The van der Waals surface area contributed by atoms with Crippen LogP contribution in [0.25, 0.3) is 0 Å². The van der Waals surface area contributed by atoms with Crippen LogP contribution in [0, 0.1) is 17.0 Å². The molecule has 7 heteroatoms. The fourth-order valence-electron chi connectivity index (χ4n) is 2.46. The summed E-state index contributed by atoms with van der Waals surface area (Å²) in [4.78, 5) is 24.8. The van der Waals surface area contributed by atoms with Gasteiger partial charge >= 0.3 is 0 Å². The van der Waals surface area contributed by atoms with Gasteiger partial charge in [-0.15, -0.1) is 0 Å². The molecule has 0 aromatic heterocycles. The van der Waals surface area contributed by atoms with E-state index in [9.17, 15) is 18.4 Å². The maximum absolute atomic E-state index is 13.2. The number of hydrogen-bond acceptors (Lipinski definition) is 2. The van der Waals surface area contributed by atoms with Crippen LogP contribution in [0.1, 0.15) is 18.4 Å². The van der Waals surface area contributed by atoms with Gasteiger partial charge in [0.15, 0.2) is 0 Å². The molecule has 2 amide bonds.